The van der Waals surface area contributed by atoms with Crippen LogP contribution in [0.2, 0.25) is 5.02 Å². The lowest BCUT2D eigenvalue weighted by Crippen LogP contribution is -2.35. The minimum Gasteiger partial charge on any atom is -0.490 e. The summed E-state index contributed by atoms with van der Waals surface area (Å²) in [5.74, 6) is -0.582. The summed E-state index contributed by atoms with van der Waals surface area (Å²) in [4.78, 5) is 38.1. The normalized spacial score (nSPS) is 13.8. The zero-order valence-corrected chi connectivity index (χ0v) is 21.5. The van der Waals surface area contributed by atoms with E-state index in [0.29, 0.717) is 52.1 Å². The van der Waals surface area contributed by atoms with Gasteiger partial charge in [0.1, 0.15) is 5.57 Å². The maximum Gasteiger partial charge on any atom is 0.282 e. The number of hydrogen-bond acceptors (Lipinski definition) is 5. The van der Waals surface area contributed by atoms with E-state index >= 15 is 0 Å². The van der Waals surface area contributed by atoms with Gasteiger partial charge < -0.3 is 14.8 Å². The van der Waals surface area contributed by atoms with E-state index in [9.17, 15) is 14.4 Å². The fraction of sp³-hybridized carbons (Fsp3) is 0.138. The van der Waals surface area contributed by atoms with Crippen LogP contribution in [0.3, 0.4) is 0 Å². The molecule has 194 valence electrons. The van der Waals surface area contributed by atoms with Crippen molar-refractivity contribution in [3.63, 3.8) is 0 Å². The Morgan fingerprint density at radius 1 is 1.08 bits per heavy atom. The number of nitrogens with zero attached hydrogens (tertiary/aromatic N) is 1. The Balaban J connectivity index is 1.59. The van der Waals surface area contributed by atoms with Gasteiger partial charge in [-0.2, -0.15) is 0 Å². The number of carbonyl (C=O) groups excluding carboxylic acids is 3. The van der Waals surface area contributed by atoms with E-state index in [1.54, 1.807) is 66.7 Å². The van der Waals surface area contributed by atoms with E-state index in [-0.39, 0.29) is 18.1 Å². The van der Waals surface area contributed by atoms with Gasteiger partial charge in [-0.1, -0.05) is 35.9 Å². The summed E-state index contributed by atoms with van der Waals surface area (Å²) < 4.78 is 11.7. The summed E-state index contributed by atoms with van der Waals surface area (Å²) >= 11 is 5.89. The molecule has 0 atom stereocenters. The minimum absolute atomic E-state index is 0.0168. The van der Waals surface area contributed by atoms with E-state index in [1.807, 2.05) is 13.0 Å². The van der Waals surface area contributed by atoms with Gasteiger partial charge in [0, 0.05) is 16.3 Å². The Kier molecular flexibility index (Phi) is 8.45. The van der Waals surface area contributed by atoms with Gasteiger partial charge in [0.05, 0.1) is 12.3 Å². The number of hydrazine groups is 1. The fourth-order valence-electron chi connectivity index (χ4n) is 3.85. The number of nitrogens with one attached hydrogen (secondary N) is 2. The number of para-hydroxylation sites is 1. The molecule has 3 aromatic carbocycles. The van der Waals surface area contributed by atoms with Crippen LogP contribution < -0.4 is 25.2 Å². The highest BCUT2D eigenvalue weighted by Crippen LogP contribution is 2.35. The van der Waals surface area contributed by atoms with Crippen LogP contribution in [-0.4, -0.2) is 30.9 Å². The average molecular weight is 532 g/mol. The predicted molar refractivity (Wildman–Crippen MR) is 147 cm³/mol. The first kappa shape index (κ1) is 26.5. The van der Waals surface area contributed by atoms with Gasteiger partial charge in [-0.25, -0.2) is 5.01 Å². The molecule has 0 radical (unpaired) electrons. The number of amides is 3. The molecule has 0 aliphatic carbocycles. The van der Waals surface area contributed by atoms with Crippen molar-refractivity contribution in [3.05, 3.63) is 101 Å². The van der Waals surface area contributed by atoms with Gasteiger partial charge >= 0.3 is 0 Å². The topological polar surface area (TPSA) is 97.0 Å². The van der Waals surface area contributed by atoms with Crippen LogP contribution in [-0.2, 0) is 20.8 Å². The minimum atomic E-state index is -0.513. The highest BCUT2D eigenvalue weighted by Gasteiger charge is 2.34. The molecule has 3 aromatic rings. The molecule has 1 fully saturated rings. The molecule has 8 nitrogen and oxygen atoms in total. The summed E-state index contributed by atoms with van der Waals surface area (Å²) in [5.41, 5.74) is 4.96. The van der Waals surface area contributed by atoms with Crippen molar-refractivity contribution in [2.75, 3.05) is 23.5 Å². The zero-order valence-electron chi connectivity index (χ0n) is 20.7. The van der Waals surface area contributed by atoms with Crippen LogP contribution >= 0.6 is 11.6 Å². The van der Waals surface area contributed by atoms with Crippen molar-refractivity contribution in [1.82, 2.24) is 5.43 Å². The molecule has 0 spiro atoms. The van der Waals surface area contributed by atoms with Crippen molar-refractivity contribution in [2.45, 2.75) is 13.3 Å². The van der Waals surface area contributed by atoms with Crippen molar-refractivity contribution in [1.29, 1.82) is 0 Å². The molecule has 1 saturated heterocycles. The summed E-state index contributed by atoms with van der Waals surface area (Å²) in [7, 11) is 0. The lowest BCUT2D eigenvalue weighted by molar-refractivity contribution is -0.118. The van der Waals surface area contributed by atoms with Crippen molar-refractivity contribution < 1.29 is 23.9 Å². The van der Waals surface area contributed by atoms with E-state index in [4.69, 9.17) is 21.1 Å². The third-order valence-corrected chi connectivity index (χ3v) is 5.76. The largest absolute Gasteiger partial charge is 0.490 e. The van der Waals surface area contributed by atoms with E-state index in [0.717, 1.165) is 0 Å². The summed E-state index contributed by atoms with van der Waals surface area (Å²) in [6.45, 7) is 5.70. The molecule has 0 saturated carbocycles. The number of allylic oxidation sites excluding steroid dienone is 1. The molecule has 2 N–H and O–H groups in total. The van der Waals surface area contributed by atoms with Crippen molar-refractivity contribution in [2.24, 2.45) is 0 Å². The highest BCUT2D eigenvalue weighted by atomic mass is 35.5. The molecule has 0 unspecified atom stereocenters. The maximum absolute atomic E-state index is 13.0. The van der Waals surface area contributed by atoms with E-state index in [2.05, 4.69) is 17.3 Å². The third-order valence-electron chi connectivity index (χ3n) is 5.51. The highest BCUT2D eigenvalue weighted by molar-refractivity contribution is 6.31. The average Bonchev–Trinajstić information content (AvgIpc) is 3.19. The molecule has 38 heavy (non-hydrogen) atoms. The summed E-state index contributed by atoms with van der Waals surface area (Å²) in [6.07, 6.45) is 3.60. The number of rotatable bonds is 10. The Hall–Kier alpha value is -4.56. The van der Waals surface area contributed by atoms with Gasteiger partial charge in [-0.15, -0.1) is 6.58 Å². The Morgan fingerprint density at radius 2 is 1.82 bits per heavy atom. The van der Waals surface area contributed by atoms with Gasteiger partial charge in [0.25, 0.3) is 17.7 Å². The van der Waals surface area contributed by atoms with Crippen LogP contribution in [0, 0.1) is 0 Å². The molecule has 4 rings (SSSR count). The van der Waals surface area contributed by atoms with Gasteiger partial charge in [0.2, 0.25) is 0 Å². The summed E-state index contributed by atoms with van der Waals surface area (Å²) in [5, 5.41) is 4.52. The van der Waals surface area contributed by atoms with Crippen molar-refractivity contribution in [3.8, 4) is 11.5 Å². The van der Waals surface area contributed by atoms with Gasteiger partial charge in [-0.05, 0) is 73.5 Å². The third kappa shape index (κ3) is 6.22. The van der Waals surface area contributed by atoms with Crippen LogP contribution in [0.15, 0.2) is 85.0 Å². The number of halogens is 1. The van der Waals surface area contributed by atoms with Crippen LogP contribution in [0.1, 0.15) is 18.1 Å². The monoisotopic (exact) mass is 531 g/mol. The van der Waals surface area contributed by atoms with Crippen molar-refractivity contribution >= 4 is 46.8 Å². The Labute approximate surface area is 225 Å². The SMILES string of the molecule is C=CCc1cc(/C=C2/C(=O)NN(c3ccccc3)C2=O)cc(OCC)c1OCC(=O)Nc1ccc(Cl)cc1. The zero-order chi connectivity index (χ0) is 27.1. The molecule has 0 bridgehead atoms. The molecular formula is C29H26ClN3O5. The summed E-state index contributed by atoms with van der Waals surface area (Å²) in [6, 6.07) is 19.0. The first-order valence-electron chi connectivity index (χ1n) is 11.9. The number of hydrogen-bond donors (Lipinski definition) is 2. The number of benzene rings is 3. The first-order valence-corrected chi connectivity index (χ1v) is 12.3. The quantitative estimate of drug-likeness (QED) is 0.219. The Bertz CT molecular complexity index is 1390. The molecule has 9 heteroatoms. The second kappa shape index (κ2) is 12.1. The first-order chi connectivity index (χ1) is 18.4. The number of anilines is 2. The van der Waals surface area contributed by atoms with Crippen LogP contribution in [0.5, 0.6) is 11.5 Å². The standard InChI is InChI=1S/C29H26ClN3O5/c1-3-8-20-15-19(16-24-28(35)32-33(29(24)36)23-9-6-5-7-10-23)17-25(37-4-2)27(20)38-18-26(34)31-22-13-11-21(30)12-14-22/h3,5-7,9-17H,1,4,8,18H2,2H3,(H,31,34)(H,32,35)/b24-16-. The van der Waals surface area contributed by atoms with Crippen LogP contribution in [0.25, 0.3) is 6.08 Å². The molecular weight excluding hydrogens is 506 g/mol. The second-order valence-corrected chi connectivity index (χ2v) is 8.69. The van der Waals surface area contributed by atoms with Gasteiger partial charge in [-0.3, -0.25) is 19.8 Å². The second-order valence-electron chi connectivity index (χ2n) is 8.25. The van der Waals surface area contributed by atoms with Crippen LogP contribution in [0.4, 0.5) is 11.4 Å². The molecule has 0 aromatic heterocycles. The van der Waals surface area contributed by atoms with Gasteiger partial charge in [0.15, 0.2) is 18.1 Å². The fourth-order valence-corrected chi connectivity index (χ4v) is 3.98. The van der Waals surface area contributed by atoms with E-state index in [1.165, 1.54) is 11.1 Å². The molecule has 3 amide bonds. The maximum atomic E-state index is 13.0. The van der Waals surface area contributed by atoms with E-state index < -0.39 is 11.8 Å². The predicted octanol–water partition coefficient (Wildman–Crippen LogP) is 4.95. The molecule has 1 aliphatic heterocycles. The lowest BCUT2D eigenvalue weighted by atomic mass is 10.0. The molecule has 1 aliphatic rings. The number of carbonyl (C=O) groups is 3. The molecule has 1 heterocycles. The number of ether oxygens (including phenoxy) is 2. The smallest absolute Gasteiger partial charge is 0.282 e. The Morgan fingerprint density at radius 3 is 2.50 bits per heavy atom. The lowest BCUT2D eigenvalue weighted by Gasteiger charge is -2.17.